The van der Waals surface area contributed by atoms with Crippen LogP contribution < -0.4 is 11.1 Å². The predicted octanol–water partition coefficient (Wildman–Crippen LogP) is 1.42. The maximum absolute atomic E-state index is 13.4. The number of hydrogen-bond acceptors (Lipinski definition) is 3. The Bertz CT molecular complexity index is 506. The molecule has 0 radical (unpaired) electrons. The summed E-state index contributed by atoms with van der Waals surface area (Å²) in [6, 6.07) is 5.27. The predicted molar refractivity (Wildman–Crippen MR) is 81.2 cm³/mol. The molecule has 0 aliphatic carbocycles. The molecule has 4 nitrogen and oxygen atoms in total. The average Bonchev–Trinajstić information content (AvgIpc) is 2.44. The first-order chi connectivity index (χ1) is 9.95. The first-order valence-corrected chi connectivity index (χ1v) is 7.45. The third kappa shape index (κ3) is 4.51. The number of nitrogens with one attached hydrogen (secondary N) is 1. The zero-order valence-electron chi connectivity index (χ0n) is 12.7. The number of carbonyl (C=O) groups is 1. The van der Waals surface area contributed by atoms with Crippen LogP contribution in [0.25, 0.3) is 0 Å². The van der Waals surface area contributed by atoms with Crippen LogP contribution >= 0.6 is 0 Å². The second-order valence-electron chi connectivity index (χ2n) is 6.03. The van der Waals surface area contributed by atoms with Gasteiger partial charge in [0.2, 0.25) is 5.91 Å². The van der Waals surface area contributed by atoms with Crippen LogP contribution in [0, 0.1) is 18.7 Å². The molecule has 0 spiro atoms. The normalized spacial score (nSPS) is 23.0. The molecule has 1 saturated heterocycles. The van der Waals surface area contributed by atoms with E-state index < -0.39 is 0 Å². The van der Waals surface area contributed by atoms with Crippen LogP contribution in [0.4, 0.5) is 4.39 Å². The first-order valence-electron chi connectivity index (χ1n) is 7.45. The highest BCUT2D eigenvalue weighted by Gasteiger charge is 2.24. The maximum Gasteiger partial charge on any atom is 0.234 e. The third-order valence-electron chi connectivity index (χ3n) is 4.15. The number of nitrogens with two attached hydrogens (primary N) is 1. The van der Waals surface area contributed by atoms with E-state index in [0.29, 0.717) is 24.6 Å². The highest BCUT2D eigenvalue weighted by atomic mass is 19.1. The number of halogens is 1. The molecule has 5 heteroatoms. The average molecular weight is 293 g/mol. The molecule has 1 aliphatic rings. The molecule has 3 N–H and O–H groups in total. The molecule has 1 fully saturated rings. The summed E-state index contributed by atoms with van der Waals surface area (Å²) < 4.78 is 13.4. The van der Waals surface area contributed by atoms with Crippen LogP contribution in [0.1, 0.15) is 24.5 Å². The zero-order chi connectivity index (χ0) is 15.4. The van der Waals surface area contributed by atoms with Gasteiger partial charge in [0.05, 0.1) is 6.54 Å². The Kier molecular flexibility index (Phi) is 5.31. The van der Waals surface area contributed by atoms with Crippen molar-refractivity contribution in [2.75, 3.05) is 19.6 Å². The van der Waals surface area contributed by atoms with Crippen molar-refractivity contribution in [1.82, 2.24) is 10.2 Å². The second kappa shape index (κ2) is 7.00. The van der Waals surface area contributed by atoms with Gasteiger partial charge in [-0.05, 0) is 36.5 Å². The van der Waals surface area contributed by atoms with Crippen LogP contribution in [0.2, 0.25) is 0 Å². The smallest absolute Gasteiger partial charge is 0.234 e. The fourth-order valence-corrected chi connectivity index (χ4v) is 2.60. The molecule has 0 bridgehead atoms. The number of piperidine rings is 1. The van der Waals surface area contributed by atoms with E-state index in [0.717, 1.165) is 25.1 Å². The molecule has 1 aromatic rings. The minimum absolute atomic E-state index is 0.0290. The van der Waals surface area contributed by atoms with E-state index in [1.165, 1.54) is 6.07 Å². The van der Waals surface area contributed by atoms with Gasteiger partial charge in [-0.25, -0.2) is 4.39 Å². The number of carbonyl (C=O) groups excluding carboxylic acids is 1. The van der Waals surface area contributed by atoms with Crippen molar-refractivity contribution in [3.05, 3.63) is 35.1 Å². The fourth-order valence-electron chi connectivity index (χ4n) is 2.60. The summed E-state index contributed by atoms with van der Waals surface area (Å²) >= 11 is 0. The SMILES string of the molecule is Cc1ccc(CNC(=O)CN2CCC(N)C(C)C2)cc1F. The molecule has 1 aliphatic heterocycles. The van der Waals surface area contributed by atoms with Gasteiger partial charge in [-0.15, -0.1) is 0 Å². The highest BCUT2D eigenvalue weighted by Crippen LogP contribution is 2.14. The zero-order valence-corrected chi connectivity index (χ0v) is 12.7. The quantitative estimate of drug-likeness (QED) is 0.882. The molecule has 0 saturated carbocycles. The molecule has 2 rings (SSSR count). The number of likely N-dealkylation sites (tertiary alicyclic amines) is 1. The third-order valence-corrected chi connectivity index (χ3v) is 4.15. The molecule has 2 unspecified atom stereocenters. The Morgan fingerprint density at radius 3 is 2.95 bits per heavy atom. The summed E-state index contributed by atoms with van der Waals surface area (Å²) in [5, 5.41) is 2.84. The monoisotopic (exact) mass is 293 g/mol. The van der Waals surface area contributed by atoms with Crippen molar-refractivity contribution >= 4 is 5.91 Å². The Hall–Kier alpha value is -1.46. The summed E-state index contributed by atoms with van der Waals surface area (Å²) in [4.78, 5) is 14.1. The van der Waals surface area contributed by atoms with Crippen molar-refractivity contribution < 1.29 is 9.18 Å². The Morgan fingerprint density at radius 2 is 2.29 bits per heavy atom. The van der Waals surface area contributed by atoms with E-state index in [9.17, 15) is 9.18 Å². The van der Waals surface area contributed by atoms with Crippen LogP contribution in [-0.4, -0.2) is 36.5 Å². The summed E-state index contributed by atoms with van der Waals surface area (Å²) in [7, 11) is 0. The molecule has 0 aromatic heterocycles. The molecule has 2 atom stereocenters. The Labute approximate surface area is 125 Å². The molecular weight excluding hydrogens is 269 g/mol. The van der Waals surface area contributed by atoms with E-state index in [2.05, 4.69) is 17.1 Å². The van der Waals surface area contributed by atoms with Crippen LogP contribution in [0.5, 0.6) is 0 Å². The van der Waals surface area contributed by atoms with Gasteiger partial charge >= 0.3 is 0 Å². The Morgan fingerprint density at radius 1 is 1.52 bits per heavy atom. The van der Waals surface area contributed by atoms with Gasteiger partial charge in [0, 0.05) is 25.7 Å². The number of rotatable bonds is 4. The van der Waals surface area contributed by atoms with Crippen LogP contribution in [0.3, 0.4) is 0 Å². The Balaban J connectivity index is 1.78. The van der Waals surface area contributed by atoms with Crippen LogP contribution in [-0.2, 0) is 11.3 Å². The first kappa shape index (κ1) is 15.9. The lowest BCUT2D eigenvalue weighted by molar-refractivity contribution is -0.122. The molecule has 116 valence electrons. The lowest BCUT2D eigenvalue weighted by Gasteiger charge is -2.34. The second-order valence-corrected chi connectivity index (χ2v) is 6.03. The van der Waals surface area contributed by atoms with Crippen molar-refractivity contribution in [3.8, 4) is 0 Å². The number of benzene rings is 1. The lowest BCUT2D eigenvalue weighted by Crippen LogP contribution is -2.48. The lowest BCUT2D eigenvalue weighted by atomic mass is 9.95. The van der Waals surface area contributed by atoms with E-state index in [-0.39, 0.29) is 17.8 Å². The molecule has 1 amide bonds. The van der Waals surface area contributed by atoms with E-state index in [4.69, 9.17) is 5.73 Å². The number of amides is 1. The highest BCUT2D eigenvalue weighted by molar-refractivity contribution is 5.78. The van der Waals surface area contributed by atoms with Gasteiger partial charge in [0.15, 0.2) is 0 Å². The number of aryl methyl sites for hydroxylation is 1. The van der Waals surface area contributed by atoms with Gasteiger partial charge in [0.25, 0.3) is 0 Å². The van der Waals surface area contributed by atoms with E-state index >= 15 is 0 Å². The molecule has 1 aromatic carbocycles. The van der Waals surface area contributed by atoms with Gasteiger partial charge < -0.3 is 11.1 Å². The van der Waals surface area contributed by atoms with Gasteiger partial charge in [-0.2, -0.15) is 0 Å². The van der Waals surface area contributed by atoms with Crippen LogP contribution in [0.15, 0.2) is 18.2 Å². The fraction of sp³-hybridized carbons (Fsp3) is 0.562. The topological polar surface area (TPSA) is 58.4 Å². The largest absolute Gasteiger partial charge is 0.351 e. The minimum atomic E-state index is -0.236. The summed E-state index contributed by atoms with van der Waals surface area (Å²) in [6.45, 7) is 6.29. The molecule has 21 heavy (non-hydrogen) atoms. The van der Waals surface area contributed by atoms with Gasteiger partial charge in [0.1, 0.15) is 5.82 Å². The summed E-state index contributed by atoms with van der Waals surface area (Å²) in [6.07, 6.45) is 0.928. The standard InChI is InChI=1S/C16H24FN3O/c1-11-3-4-13(7-14(11)17)8-19-16(21)10-20-6-5-15(18)12(2)9-20/h3-4,7,12,15H,5-6,8-10,18H2,1-2H3,(H,19,21). The number of nitrogens with zero attached hydrogens (tertiary/aromatic N) is 1. The minimum Gasteiger partial charge on any atom is -0.351 e. The maximum atomic E-state index is 13.4. The van der Waals surface area contributed by atoms with Crippen molar-refractivity contribution in [1.29, 1.82) is 0 Å². The molecule has 1 heterocycles. The summed E-state index contributed by atoms with van der Waals surface area (Å²) in [5.41, 5.74) is 7.36. The van der Waals surface area contributed by atoms with Gasteiger partial charge in [-0.3, -0.25) is 9.69 Å². The number of hydrogen-bond donors (Lipinski definition) is 2. The van der Waals surface area contributed by atoms with Crippen molar-refractivity contribution in [2.24, 2.45) is 11.7 Å². The van der Waals surface area contributed by atoms with Crippen molar-refractivity contribution in [2.45, 2.75) is 32.9 Å². The van der Waals surface area contributed by atoms with Crippen molar-refractivity contribution in [3.63, 3.8) is 0 Å². The molecular formula is C16H24FN3O. The summed E-state index contributed by atoms with van der Waals surface area (Å²) in [5.74, 6) is 0.150. The van der Waals surface area contributed by atoms with E-state index in [1.54, 1.807) is 13.0 Å². The van der Waals surface area contributed by atoms with E-state index in [1.807, 2.05) is 6.07 Å². The van der Waals surface area contributed by atoms with Gasteiger partial charge in [-0.1, -0.05) is 19.1 Å².